The maximum Gasteiger partial charge on any atom is 0.342 e. The molecule has 17 heavy (non-hydrogen) atoms. The van der Waals surface area contributed by atoms with Crippen molar-refractivity contribution in [3.8, 4) is 0 Å². The van der Waals surface area contributed by atoms with Crippen LogP contribution in [0, 0.1) is 11.6 Å². The van der Waals surface area contributed by atoms with Gasteiger partial charge in [-0.1, -0.05) is 0 Å². The molecule has 3 nitrogen and oxygen atoms in total. The van der Waals surface area contributed by atoms with Gasteiger partial charge in [0.2, 0.25) is 5.82 Å². The number of hydrogen-bond donors (Lipinski definition) is 0. The lowest BCUT2D eigenvalue weighted by molar-refractivity contribution is 0.0527. The molecule has 0 aliphatic heterocycles. The van der Waals surface area contributed by atoms with Gasteiger partial charge in [-0.3, -0.25) is 0 Å². The number of ether oxygens (including phenoxy) is 1. The maximum absolute atomic E-state index is 13.4. The van der Waals surface area contributed by atoms with E-state index in [-0.39, 0.29) is 27.6 Å². The predicted molar refractivity (Wildman–Crippen MR) is 59.8 cm³/mol. The van der Waals surface area contributed by atoms with Crippen molar-refractivity contribution in [3.63, 3.8) is 0 Å². The summed E-state index contributed by atoms with van der Waals surface area (Å²) in [5.74, 6) is -2.81. The van der Waals surface area contributed by atoms with Crippen LogP contribution < -0.4 is 0 Å². The number of furan rings is 1. The fourth-order valence-electron chi connectivity index (χ4n) is 1.47. The Kier molecular flexibility index (Phi) is 3.15. The molecule has 0 saturated heterocycles. The first kappa shape index (κ1) is 12.0. The van der Waals surface area contributed by atoms with Crippen molar-refractivity contribution >= 4 is 32.9 Å². The van der Waals surface area contributed by atoms with E-state index in [0.29, 0.717) is 0 Å². The second-order valence-corrected chi connectivity index (χ2v) is 4.08. The van der Waals surface area contributed by atoms with Gasteiger partial charge in [0.1, 0.15) is 11.8 Å². The molecule has 0 spiro atoms. The van der Waals surface area contributed by atoms with Crippen LogP contribution in [0.5, 0.6) is 0 Å². The summed E-state index contributed by atoms with van der Waals surface area (Å²) in [7, 11) is 0. The minimum Gasteiger partial charge on any atom is -0.462 e. The lowest BCUT2D eigenvalue weighted by atomic mass is 10.1. The quantitative estimate of drug-likeness (QED) is 0.628. The topological polar surface area (TPSA) is 39.4 Å². The van der Waals surface area contributed by atoms with Gasteiger partial charge < -0.3 is 9.15 Å². The molecule has 0 unspecified atom stereocenters. The second-order valence-electron chi connectivity index (χ2n) is 3.23. The Bertz CT molecular complexity index is 592. The van der Waals surface area contributed by atoms with Crippen LogP contribution >= 0.6 is 15.9 Å². The molecular weight excluding hydrogens is 298 g/mol. The molecule has 0 saturated carbocycles. The van der Waals surface area contributed by atoms with Crippen molar-refractivity contribution in [1.29, 1.82) is 0 Å². The largest absolute Gasteiger partial charge is 0.462 e. The summed E-state index contributed by atoms with van der Waals surface area (Å²) in [6, 6.07) is 0.940. The van der Waals surface area contributed by atoms with E-state index in [1.165, 1.54) is 0 Å². The standard InChI is InChI=1S/C11H7BrF2O3/c1-2-16-11(15)5-4-17-10-8(5)6(12)3-7(13)9(10)14/h3-4H,2H2,1H3. The Labute approximate surface area is 103 Å². The highest BCUT2D eigenvalue weighted by molar-refractivity contribution is 9.10. The monoisotopic (exact) mass is 304 g/mol. The average molecular weight is 305 g/mol. The number of rotatable bonds is 2. The molecule has 90 valence electrons. The minimum absolute atomic E-state index is 0.0626. The van der Waals surface area contributed by atoms with E-state index in [9.17, 15) is 13.6 Å². The Morgan fingerprint density at radius 2 is 2.24 bits per heavy atom. The molecule has 0 radical (unpaired) electrons. The van der Waals surface area contributed by atoms with Crippen LogP contribution in [-0.4, -0.2) is 12.6 Å². The molecule has 0 bridgehead atoms. The normalized spacial score (nSPS) is 10.8. The van der Waals surface area contributed by atoms with Gasteiger partial charge in [-0.05, 0) is 28.9 Å². The molecule has 0 amide bonds. The van der Waals surface area contributed by atoms with E-state index in [0.717, 1.165) is 12.3 Å². The highest BCUT2D eigenvalue weighted by atomic mass is 79.9. The number of carbonyl (C=O) groups is 1. The molecule has 0 N–H and O–H groups in total. The first-order chi connectivity index (χ1) is 8.06. The van der Waals surface area contributed by atoms with Crippen molar-refractivity contribution in [2.24, 2.45) is 0 Å². The molecule has 0 aliphatic rings. The zero-order valence-corrected chi connectivity index (χ0v) is 10.3. The van der Waals surface area contributed by atoms with Crippen molar-refractivity contribution in [2.45, 2.75) is 6.92 Å². The van der Waals surface area contributed by atoms with E-state index in [1.807, 2.05) is 0 Å². The number of esters is 1. The summed E-state index contributed by atoms with van der Waals surface area (Å²) in [6.45, 7) is 1.84. The van der Waals surface area contributed by atoms with Gasteiger partial charge in [-0.25, -0.2) is 9.18 Å². The third-order valence-electron chi connectivity index (χ3n) is 2.19. The maximum atomic E-state index is 13.4. The molecule has 2 aromatic rings. The van der Waals surface area contributed by atoms with E-state index < -0.39 is 17.6 Å². The lowest BCUT2D eigenvalue weighted by Crippen LogP contribution is -2.03. The summed E-state index contributed by atoms with van der Waals surface area (Å²) in [6.07, 6.45) is 1.05. The van der Waals surface area contributed by atoms with Crippen molar-refractivity contribution < 1.29 is 22.7 Å². The lowest BCUT2D eigenvalue weighted by Gasteiger charge is -2.01. The molecule has 0 atom stereocenters. The van der Waals surface area contributed by atoms with Crippen LogP contribution in [-0.2, 0) is 4.74 Å². The van der Waals surface area contributed by atoms with Crippen molar-refractivity contribution in [3.05, 3.63) is 34.0 Å². The number of hydrogen-bond acceptors (Lipinski definition) is 3. The molecule has 0 fully saturated rings. The number of carbonyl (C=O) groups excluding carboxylic acids is 1. The summed E-state index contributed by atoms with van der Waals surface area (Å²) >= 11 is 3.06. The highest BCUT2D eigenvalue weighted by Crippen LogP contribution is 2.32. The van der Waals surface area contributed by atoms with Gasteiger partial charge >= 0.3 is 5.97 Å². The summed E-state index contributed by atoms with van der Waals surface area (Å²) in [4.78, 5) is 11.5. The summed E-state index contributed by atoms with van der Waals surface area (Å²) < 4.78 is 36.4. The molecule has 6 heteroatoms. The summed E-state index contributed by atoms with van der Waals surface area (Å²) in [5, 5.41) is 0.169. The fraction of sp³-hybridized carbons (Fsp3) is 0.182. The molecule has 1 heterocycles. The zero-order chi connectivity index (χ0) is 12.6. The Hall–Kier alpha value is -1.43. The Morgan fingerprint density at radius 3 is 2.88 bits per heavy atom. The molecule has 2 rings (SSSR count). The van der Waals surface area contributed by atoms with E-state index in [4.69, 9.17) is 9.15 Å². The highest BCUT2D eigenvalue weighted by Gasteiger charge is 2.22. The van der Waals surface area contributed by atoms with E-state index in [1.54, 1.807) is 6.92 Å². The van der Waals surface area contributed by atoms with Crippen LogP contribution in [0.3, 0.4) is 0 Å². The first-order valence-corrected chi connectivity index (χ1v) is 5.57. The van der Waals surface area contributed by atoms with Crippen LogP contribution in [0.15, 0.2) is 21.2 Å². The van der Waals surface area contributed by atoms with Gasteiger partial charge in [0.05, 0.1) is 12.0 Å². The number of halogens is 3. The van der Waals surface area contributed by atoms with Crippen LogP contribution in [0.2, 0.25) is 0 Å². The van der Waals surface area contributed by atoms with E-state index >= 15 is 0 Å². The zero-order valence-electron chi connectivity index (χ0n) is 8.72. The second kappa shape index (κ2) is 4.44. The minimum atomic E-state index is -1.13. The third-order valence-corrected chi connectivity index (χ3v) is 2.81. The Balaban J connectivity index is 2.69. The Morgan fingerprint density at radius 1 is 1.53 bits per heavy atom. The number of fused-ring (bicyclic) bond motifs is 1. The SMILES string of the molecule is CCOC(=O)c1coc2c(F)c(F)cc(Br)c12. The fourth-order valence-corrected chi connectivity index (χ4v) is 2.07. The van der Waals surface area contributed by atoms with Crippen LogP contribution in [0.1, 0.15) is 17.3 Å². The van der Waals surface area contributed by atoms with Crippen molar-refractivity contribution in [2.75, 3.05) is 6.61 Å². The summed E-state index contributed by atoms with van der Waals surface area (Å²) in [5.41, 5.74) is -0.243. The number of benzene rings is 1. The van der Waals surface area contributed by atoms with Crippen molar-refractivity contribution in [1.82, 2.24) is 0 Å². The molecular formula is C11H7BrF2O3. The van der Waals surface area contributed by atoms with Gasteiger partial charge in [0.15, 0.2) is 11.4 Å². The molecule has 0 aliphatic carbocycles. The smallest absolute Gasteiger partial charge is 0.342 e. The van der Waals surface area contributed by atoms with E-state index in [2.05, 4.69) is 15.9 Å². The van der Waals surface area contributed by atoms with Crippen LogP contribution in [0.4, 0.5) is 8.78 Å². The van der Waals surface area contributed by atoms with Gasteiger partial charge in [0, 0.05) is 4.47 Å². The average Bonchev–Trinajstić information content (AvgIpc) is 2.71. The third kappa shape index (κ3) is 1.93. The van der Waals surface area contributed by atoms with Gasteiger partial charge in [-0.2, -0.15) is 4.39 Å². The van der Waals surface area contributed by atoms with Gasteiger partial charge in [-0.15, -0.1) is 0 Å². The predicted octanol–water partition coefficient (Wildman–Crippen LogP) is 3.65. The van der Waals surface area contributed by atoms with Crippen LogP contribution in [0.25, 0.3) is 11.0 Å². The molecule has 1 aromatic carbocycles. The molecule has 1 aromatic heterocycles. The van der Waals surface area contributed by atoms with Gasteiger partial charge in [0.25, 0.3) is 0 Å². The first-order valence-electron chi connectivity index (χ1n) is 4.78.